The Morgan fingerprint density at radius 1 is 1.20 bits per heavy atom. The van der Waals surface area contributed by atoms with Crippen LogP contribution in [0.1, 0.15) is 13.8 Å². The smallest absolute Gasteiger partial charge is 0.302 e. The number of fused-ring (bicyclic) bond motifs is 1. The van der Waals surface area contributed by atoms with Gasteiger partial charge in [0.2, 0.25) is 11.8 Å². The molecule has 11 nitrogen and oxygen atoms in total. The van der Waals surface area contributed by atoms with Gasteiger partial charge in [-0.2, -0.15) is 9.97 Å². The molecule has 0 fully saturated rings. The van der Waals surface area contributed by atoms with Crippen LogP contribution in [0.2, 0.25) is 0 Å². The SMILES string of the molecule is COc1nc(N)nc2c1ncn2COC(COC(C)=O)COC(C)=O. The van der Waals surface area contributed by atoms with E-state index in [0.29, 0.717) is 11.2 Å². The predicted molar refractivity (Wildman–Crippen MR) is 84.4 cm³/mol. The number of esters is 2. The Morgan fingerprint density at radius 2 is 1.84 bits per heavy atom. The van der Waals surface area contributed by atoms with Crippen LogP contribution in [0.4, 0.5) is 5.95 Å². The zero-order valence-electron chi connectivity index (χ0n) is 14.1. The van der Waals surface area contributed by atoms with E-state index in [1.165, 1.54) is 27.3 Å². The van der Waals surface area contributed by atoms with Crippen LogP contribution in [0, 0.1) is 0 Å². The lowest BCUT2D eigenvalue weighted by Crippen LogP contribution is -2.28. The van der Waals surface area contributed by atoms with Gasteiger partial charge in [-0.1, -0.05) is 0 Å². The number of carbonyl (C=O) groups is 2. The fourth-order valence-electron chi connectivity index (χ4n) is 1.92. The number of nitrogen functional groups attached to an aromatic ring is 1. The number of hydrogen-bond donors (Lipinski definition) is 1. The highest BCUT2D eigenvalue weighted by Gasteiger charge is 2.16. The first-order valence-electron chi connectivity index (χ1n) is 7.31. The first-order chi connectivity index (χ1) is 11.9. The van der Waals surface area contributed by atoms with E-state index in [9.17, 15) is 9.59 Å². The first kappa shape index (κ1) is 18.4. The average Bonchev–Trinajstić information content (AvgIpc) is 2.95. The standard InChI is InChI=1S/C14H19N5O6/c1-8(20)23-4-10(5-24-9(2)21)25-7-19-6-16-11-12(19)17-14(15)18-13(11)22-3/h6,10H,4-5,7H2,1-3H3,(H2,15,17,18). The number of methoxy groups -OCH3 is 1. The van der Waals surface area contributed by atoms with Gasteiger partial charge in [0.15, 0.2) is 11.2 Å². The molecule has 0 atom stereocenters. The minimum absolute atomic E-state index is 0.0172. The number of aromatic nitrogens is 4. The van der Waals surface area contributed by atoms with Crippen LogP contribution in [-0.2, 0) is 30.5 Å². The predicted octanol–water partition coefficient (Wildman–Crippen LogP) is -0.114. The molecule has 136 valence electrons. The van der Waals surface area contributed by atoms with E-state index in [4.69, 9.17) is 24.7 Å². The Labute approximate surface area is 143 Å². The van der Waals surface area contributed by atoms with Crippen LogP contribution in [-0.4, -0.2) is 57.9 Å². The molecule has 0 aliphatic rings. The van der Waals surface area contributed by atoms with Crippen molar-refractivity contribution in [3.05, 3.63) is 6.33 Å². The zero-order valence-corrected chi connectivity index (χ0v) is 14.1. The molecule has 0 radical (unpaired) electrons. The quantitative estimate of drug-likeness (QED) is 0.639. The van der Waals surface area contributed by atoms with Gasteiger partial charge in [-0.3, -0.25) is 14.2 Å². The van der Waals surface area contributed by atoms with Gasteiger partial charge >= 0.3 is 11.9 Å². The third kappa shape index (κ3) is 5.01. The van der Waals surface area contributed by atoms with Crippen molar-refractivity contribution >= 4 is 29.1 Å². The second-order valence-corrected chi connectivity index (χ2v) is 5.00. The summed E-state index contributed by atoms with van der Waals surface area (Å²) < 4.78 is 22.1. The maximum absolute atomic E-state index is 11.0. The summed E-state index contributed by atoms with van der Waals surface area (Å²) in [5.74, 6) is -0.649. The van der Waals surface area contributed by atoms with E-state index in [1.54, 1.807) is 4.57 Å². The van der Waals surface area contributed by atoms with Crippen molar-refractivity contribution in [1.29, 1.82) is 0 Å². The molecule has 0 aliphatic heterocycles. The van der Waals surface area contributed by atoms with Gasteiger partial charge in [-0.15, -0.1) is 0 Å². The Balaban J connectivity index is 2.10. The molecule has 0 saturated carbocycles. The summed E-state index contributed by atoms with van der Waals surface area (Å²) in [6.07, 6.45) is 0.835. The molecule has 0 unspecified atom stereocenters. The van der Waals surface area contributed by atoms with Crippen LogP contribution < -0.4 is 10.5 Å². The van der Waals surface area contributed by atoms with Gasteiger partial charge in [0.25, 0.3) is 0 Å². The molecule has 2 heterocycles. The molecule has 25 heavy (non-hydrogen) atoms. The van der Waals surface area contributed by atoms with Crippen LogP contribution in [0.15, 0.2) is 6.33 Å². The summed E-state index contributed by atoms with van der Waals surface area (Å²) in [7, 11) is 1.45. The number of hydrogen-bond acceptors (Lipinski definition) is 10. The molecule has 0 aromatic carbocycles. The minimum Gasteiger partial charge on any atom is -0.479 e. The molecule has 2 aromatic rings. The number of nitrogens with zero attached hydrogens (tertiary/aromatic N) is 4. The van der Waals surface area contributed by atoms with Crippen molar-refractivity contribution in [3.8, 4) is 5.88 Å². The normalized spacial score (nSPS) is 10.9. The Kier molecular flexibility index (Phi) is 6.06. The highest BCUT2D eigenvalue weighted by Crippen LogP contribution is 2.21. The third-order valence-corrected chi connectivity index (χ3v) is 3.04. The Bertz CT molecular complexity index is 743. The topological polar surface area (TPSA) is 141 Å². The van der Waals surface area contributed by atoms with Crippen molar-refractivity contribution in [2.75, 3.05) is 26.1 Å². The summed E-state index contributed by atoms with van der Waals surface area (Å²) in [6.45, 7) is 2.45. The van der Waals surface area contributed by atoms with E-state index in [0.717, 1.165) is 0 Å². The van der Waals surface area contributed by atoms with Gasteiger partial charge in [-0.25, -0.2) is 4.98 Å². The molecule has 0 bridgehead atoms. The molecule has 0 saturated heterocycles. The molecule has 0 amide bonds. The van der Waals surface area contributed by atoms with E-state index in [-0.39, 0.29) is 31.8 Å². The highest BCUT2D eigenvalue weighted by atomic mass is 16.6. The molecule has 2 N–H and O–H groups in total. The summed E-state index contributed by atoms with van der Waals surface area (Å²) in [5, 5.41) is 0. The highest BCUT2D eigenvalue weighted by molar-refractivity contribution is 5.77. The molecule has 11 heteroatoms. The Morgan fingerprint density at radius 3 is 2.40 bits per heavy atom. The number of carbonyl (C=O) groups excluding carboxylic acids is 2. The second kappa shape index (κ2) is 8.24. The first-order valence-corrected chi connectivity index (χ1v) is 7.31. The van der Waals surface area contributed by atoms with Crippen molar-refractivity contribution in [2.45, 2.75) is 26.7 Å². The number of ether oxygens (including phenoxy) is 4. The van der Waals surface area contributed by atoms with Crippen LogP contribution in [0.25, 0.3) is 11.2 Å². The molecule has 2 rings (SSSR count). The number of imidazole rings is 1. The Hall–Kier alpha value is -2.95. The summed E-state index contributed by atoms with van der Waals surface area (Å²) in [5.41, 5.74) is 6.49. The number of nitrogens with two attached hydrogens (primary N) is 1. The molecular weight excluding hydrogens is 334 g/mol. The molecule has 2 aromatic heterocycles. The van der Waals surface area contributed by atoms with Crippen molar-refractivity contribution < 1.29 is 28.5 Å². The van der Waals surface area contributed by atoms with Crippen LogP contribution in [0.5, 0.6) is 5.88 Å². The van der Waals surface area contributed by atoms with Gasteiger partial charge in [0.05, 0.1) is 13.4 Å². The zero-order chi connectivity index (χ0) is 18.4. The fraction of sp³-hybridized carbons (Fsp3) is 0.500. The van der Waals surface area contributed by atoms with Crippen LogP contribution >= 0.6 is 0 Å². The largest absolute Gasteiger partial charge is 0.479 e. The van der Waals surface area contributed by atoms with Gasteiger partial charge in [0, 0.05) is 13.8 Å². The lowest BCUT2D eigenvalue weighted by atomic mass is 10.4. The van der Waals surface area contributed by atoms with E-state index in [1.807, 2.05) is 0 Å². The maximum atomic E-state index is 11.0. The lowest BCUT2D eigenvalue weighted by Gasteiger charge is -2.17. The van der Waals surface area contributed by atoms with Crippen molar-refractivity contribution in [3.63, 3.8) is 0 Å². The summed E-state index contributed by atoms with van der Waals surface area (Å²) in [4.78, 5) is 34.1. The molecular formula is C14H19N5O6. The van der Waals surface area contributed by atoms with Gasteiger partial charge in [-0.05, 0) is 0 Å². The number of anilines is 1. The lowest BCUT2D eigenvalue weighted by molar-refractivity contribution is -0.154. The summed E-state index contributed by atoms with van der Waals surface area (Å²) >= 11 is 0. The summed E-state index contributed by atoms with van der Waals surface area (Å²) in [6, 6.07) is 0. The number of rotatable bonds is 8. The monoisotopic (exact) mass is 353 g/mol. The van der Waals surface area contributed by atoms with E-state index < -0.39 is 18.0 Å². The van der Waals surface area contributed by atoms with Gasteiger partial charge in [0.1, 0.15) is 26.0 Å². The molecule has 0 spiro atoms. The van der Waals surface area contributed by atoms with Crippen LogP contribution in [0.3, 0.4) is 0 Å². The minimum atomic E-state index is -0.647. The van der Waals surface area contributed by atoms with Crippen molar-refractivity contribution in [1.82, 2.24) is 19.5 Å². The van der Waals surface area contributed by atoms with Gasteiger partial charge < -0.3 is 24.7 Å². The van der Waals surface area contributed by atoms with Crippen molar-refractivity contribution in [2.24, 2.45) is 0 Å². The average molecular weight is 353 g/mol. The van der Waals surface area contributed by atoms with E-state index >= 15 is 0 Å². The second-order valence-electron chi connectivity index (χ2n) is 5.00. The third-order valence-electron chi connectivity index (χ3n) is 3.04. The molecule has 0 aliphatic carbocycles. The maximum Gasteiger partial charge on any atom is 0.302 e. The fourth-order valence-corrected chi connectivity index (χ4v) is 1.92. The van der Waals surface area contributed by atoms with E-state index in [2.05, 4.69) is 15.0 Å².